The van der Waals surface area contributed by atoms with Gasteiger partial charge < -0.3 is 20.4 Å². The number of hydrogen-bond donors (Lipinski definition) is 4. The van der Waals surface area contributed by atoms with E-state index in [2.05, 4.69) is 0 Å². The average Bonchev–Trinajstić information content (AvgIpc) is 2.73. The molecule has 2 atom stereocenters. The zero-order chi connectivity index (χ0) is 22.1. The van der Waals surface area contributed by atoms with Crippen molar-refractivity contribution in [3.8, 4) is 0 Å². The summed E-state index contributed by atoms with van der Waals surface area (Å²) < 4.78 is 0. The molecule has 0 saturated heterocycles. The number of aromatic carboxylic acids is 2. The first-order valence-corrected chi connectivity index (χ1v) is 8.72. The molecule has 0 fully saturated rings. The summed E-state index contributed by atoms with van der Waals surface area (Å²) in [6, 6.07) is 11.5. The van der Waals surface area contributed by atoms with Gasteiger partial charge in [-0.25, -0.2) is 9.59 Å². The van der Waals surface area contributed by atoms with E-state index >= 15 is 0 Å². The van der Waals surface area contributed by atoms with Crippen LogP contribution in [0.1, 0.15) is 31.8 Å². The van der Waals surface area contributed by atoms with Crippen molar-refractivity contribution in [2.45, 2.75) is 5.41 Å². The van der Waals surface area contributed by atoms with Crippen LogP contribution in [0.2, 0.25) is 0 Å². The minimum atomic E-state index is -1.85. The first kappa shape index (κ1) is 20.5. The molecular formula is C22H16O8. The van der Waals surface area contributed by atoms with E-state index in [9.17, 15) is 34.5 Å². The minimum absolute atomic E-state index is 0.256. The van der Waals surface area contributed by atoms with Crippen LogP contribution in [-0.2, 0) is 15.0 Å². The molecule has 2 unspecified atom stereocenters. The van der Waals surface area contributed by atoms with E-state index in [4.69, 9.17) is 5.11 Å². The number of carboxylic acid groups (broad SMARTS) is 4. The summed E-state index contributed by atoms with van der Waals surface area (Å²) in [6.07, 6.45) is 3.91. The van der Waals surface area contributed by atoms with Gasteiger partial charge in [0.25, 0.3) is 0 Å². The summed E-state index contributed by atoms with van der Waals surface area (Å²) >= 11 is 0. The Bertz CT molecular complexity index is 1110. The lowest BCUT2D eigenvalue weighted by Crippen LogP contribution is -2.45. The standard InChI is InChI=1S/C22H16O8/c23-18(24)15-7-6-12(10-16(15)19(25)26)13-8-9-22(21(29)30,17(11-13)20(27)28)14-4-2-1-3-5-14/h1-11,17H,(H,23,24)(H,25,26)(H,27,28)(H,29,30). The van der Waals surface area contributed by atoms with Crippen molar-refractivity contribution < 1.29 is 39.6 Å². The molecule has 0 radical (unpaired) electrons. The van der Waals surface area contributed by atoms with Crippen LogP contribution in [0, 0.1) is 5.92 Å². The Morgan fingerprint density at radius 2 is 1.43 bits per heavy atom. The molecule has 0 aliphatic heterocycles. The summed E-state index contributed by atoms with van der Waals surface area (Å²) in [5.74, 6) is -7.06. The van der Waals surface area contributed by atoms with Crippen molar-refractivity contribution in [3.05, 3.63) is 89.0 Å². The van der Waals surface area contributed by atoms with Gasteiger partial charge in [0, 0.05) is 0 Å². The first-order chi connectivity index (χ1) is 14.2. The monoisotopic (exact) mass is 408 g/mol. The zero-order valence-electron chi connectivity index (χ0n) is 15.4. The van der Waals surface area contributed by atoms with Crippen LogP contribution >= 0.6 is 0 Å². The number of allylic oxidation sites excluding steroid dienone is 2. The predicted octanol–water partition coefficient (Wildman–Crippen LogP) is 2.76. The SMILES string of the molecule is O=C(O)c1ccc(C2=CC(C(=O)O)C(C(=O)O)(c3ccccc3)C=C2)cc1C(=O)O. The van der Waals surface area contributed by atoms with Crippen LogP contribution in [0.15, 0.2) is 66.8 Å². The van der Waals surface area contributed by atoms with E-state index in [1.54, 1.807) is 18.2 Å². The van der Waals surface area contributed by atoms with Crippen molar-refractivity contribution in [3.63, 3.8) is 0 Å². The second kappa shape index (κ2) is 7.67. The summed E-state index contributed by atoms with van der Waals surface area (Å²) in [6.45, 7) is 0. The van der Waals surface area contributed by atoms with Crippen LogP contribution in [0.25, 0.3) is 5.57 Å². The van der Waals surface area contributed by atoms with Crippen LogP contribution in [0.5, 0.6) is 0 Å². The number of aliphatic carboxylic acids is 2. The van der Waals surface area contributed by atoms with Crippen molar-refractivity contribution in [1.82, 2.24) is 0 Å². The third-order valence-electron chi connectivity index (χ3n) is 5.05. The molecule has 8 nitrogen and oxygen atoms in total. The second-order valence-corrected chi connectivity index (χ2v) is 6.68. The Morgan fingerprint density at radius 1 is 0.800 bits per heavy atom. The molecule has 1 aliphatic carbocycles. The van der Waals surface area contributed by atoms with Crippen LogP contribution in [0.3, 0.4) is 0 Å². The molecule has 2 aromatic rings. The Kier molecular flexibility index (Phi) is 5.25. The highest BCUT2D eigenvalue weighted by atomic mass is 16.4. The topological polar surface area (TPSA) is 149 Å². The van der Waals surface area contributed by atoms with Crippen molar-refractivity contribution in [2.75, 3.05) is 0 Å². The smallest absolute Gasteiger partial charge is 0.336 e. The third-order valence-corrected chi connectivity index (χ3v) is 5.05. The molecule has 4 N–H and O–H groups in total. The minimum Gasteiger partial charge on any atom is -0.481 e. The molecule has 0 aromatic heterocycles. The quantitative estimate of drug-likeness (QED) is 0.570. The molecule has 0 amide bonds. The lowest BCUT2D eigenvalue weighted by molar-refractivity contribution is -0.152. The van der Waals surface area contributed by atoms with Gasteiger partial charge in [0.15, 0.2) is 0 Å². The fourth-order valence-electron chi connectivity index (χ4n) is 3.55. The van der Waals surface area contributed by atoms with Crippen LogP contribution in [-0.4, -0.2) is 44.3 Å². The largest absolute Gasteiger partial charge is 0.481 e. The molecule has 0 saturated carbocycles. The van der Waals surface area contributed by atoms with Gasteiger partial charge in [-0.15, -0.1) is 0 Å². The second-order valence-electron chi connectivity index (χ2n) is 6.68. The summed E-state index contributed by atoms with van der Waals surface area (Å²) in [5.41, 5.74) is -1.91. The van der Waals surface area contributed by atoms with E-state index in [0.717, 1.165) is 12.1 Å². The Morgan fingerprint density at radius 3 is 1.97 bits per heavy atom. The Balaban J connectivity index is 2.16. The van der Waals surface area contributed by atoms with E-state index in [1.165, 1.54) is 36.4 Å². The maximum absolute atomic E-state index is 12.2. The average molecular weight is 408 g/mol. The zero-order valence-corrected chi connectivity index (χ0v) is 15.4. The van der Waals surface area contributed by atoms with Crippen LogP contribution < -0.4 is 0 Å². The molecule has 3 rings (SSSR count). The summed E-state index contributed by atoms with van der Waals surface area (Å²) in [7, 11) is 0. The lowest BCUT2D eigenvalue weighted by Gasteiger charge is -2.34. The van der Waals surface area contributed by atoms with Gasteiger partial charge in [-0.2, -0.15) is 0 Å². The maximum Gasteiger partial charge on any atom is 0.336 e. The Labute approximate surface area is 170 Å². The predicted molar refractivity (Wildman–Crippen MR) is 104 cm³/mol. The van der Waals surface area contributed by atoms with Crippen LogP contribution in [0.4, 0.5) is 0 Å². The lowest BCUT2D eigenvalue weighted by atomic mass is 9.66. The first-order valence-electron chi connectivity index (χ1n) is 8.72. The maximum atomic E-state index is 12.2. The van der Waals surface area contributed by atoms with Crippen molar-refractivity contribution >= 4 is 29.5 Å². The van der Waals surface area contributed by atoms with E-state index in [0.29, 0.717) is 0 Å². The summed E-state index contributed by atoms with van der Waals surface area (Å²) in [4.78, 5) is 46.9. The van der Waals surface area contributed by atoms with Gasteiger partial charge >= 0.3 is 23.9 Å². The molecule has 0 spiro atoms. The third kappa shape index (κ3) is 3.35. The molecule has 2 aromatic carbocycles. The van der Waals surface area contributed by atoms with E-state index in [1.807, 2.05) is 0 Å². The normalized spacial score (nSPS) is 20.3. The van der Waals surface area contributed by atoms with Crippen molar-refractivity contribution in [1.29, 1.82) is 0 Å². The molecule has 152 valence electrons. The number of carbonyl (C=O) groups is 4. The molecule has 0 bridgehead atoms. The number of benzene rings is 2. The fourth-order valence-corrected chi connectivity index (χ4v) is 3.55. The molecule has 0 heterocycles. The number of rotatable bonds is 6. The summed E-state index contributed by atoms with van der Waals surface area (Å²) in [5, 5.41) is 38.2. The van der Waals surface area contributed by atoms with Gasteiger partial charge in [0.05, 0.1) is 17.0 Å². The van der Waals surface area contributed by atoms with E-state index in [-0.39, 0.29) is 16.7 Å². The molecule has 30 heavy (non-hydrogen) atoms. The van der Waals surface area contributed by atoms with E-state index < -0.39 is 46.3 Å². The van der Waals surface area contributed by atoms with Gasteiger partial charge in [0.2, 0.25) is 0 Å². The Hall–Kier alpha value is -4.20. The molecular weight excluding hydrogens is 392 g/mol. The van der Waals surface area contributed by atoms with Gasteiger partial charge in [-0.1, -0.05) is 54.6 Å². The van der Waals surface area contributed by atoms with Crippen molar-refractivity contribution in [2.24, 2.45) is 5.92 Å². The fraction of sp³-hybridized carbons (Fsp3) is 0.0909. The molecule has 8 heteroatoms. The van der Waals surface area contributed by atoms with Gasteiger partial charge in [-0.05, 0) is 28.8 Å². The highest BCUT2D eigenvalue weighted by Crippen LogP contribution is 2.41. The van der Waals surface area contributed by atoms with Gasteiger partial charge in [-0.3, -0.25) is 9.59 Å². The highest BCUT2D eigenvalue weighted by Gasteiger charge is 2.49. The molecule has 1 aliphatic rings. The highest BCUT2D eigenvalue weighted by molar-refractivity contribution is 6.03. The number of hydrogen-bond acceptors (Lipinski definition) is 4. The van der Waals surface area contributed by atoms with Gasteiger partial charge in [0.1, 0.15) is 5.41 Å². The number of carboxylic acids is 4.